The molecule has 6 nitrogen and oxygen atoms in total. The minimum Gasteiger partial charge on any atom is -0.356 e. The zero-order chi connectivity index (χ0) is 17.7. The van der Waals surface area contributed by atoms with E-state index in [1.54, 1.807) is 7.05 Å². The van der Waals surface area contributed by atoms with Gasteiger partial charge in [-0.15, -0.1) is 0 Å². The molecule has 0 aromatic carbocycles. The number of nitrogens with two attached hydrogens (primary N) is 1. The summed E-state index contributed by atoms with van der Waals surface area (Å²) in [6, 6.07) is 0. The summed E-state index contributed by atoms with van der Waals surface area (Å²) in [7, 11) is 1.66. The maximum atomic E-state index is 11.7. The number of carbonyl (C=O) groups excluding carboxylic acids is 3. The van der Waals surface area contributed by atoms with Gasteiger partial charge in [-0.25, -0.2) is 0 Å². The molecule has 0 fully saturated rings. The molecule has 0 rings (SSSR count). The van der Waals surface area contributed by atoms with E-state index in [9.17, 15) is 14.4 Å². The van der Waals surface area contributed by atoms with E-state index in [-0.39, 0.29) is 18.0 Å². The molecule has 23 heavy (non-hydrogen) atoms. The number of carbonyl (C=O) groups is 3. The predicted octanol–water partition coefficient (Wildman–Crippen LogP) is 1.68. The Kier molecular flexibility index (Phi) is 12.2. The van der Waals surface area contributed by atoms with Crippen LogP contribution in [0.15, 0.2) is 0 Å². The fourth-order valence-corrected chi connectivity index (χ4v) is 2.45. The summed E-state index contributed by atoms with van der Waals surface area (Å²) >= 11 is 0. The van der Waals surface area contributed by atoms with E-state index in [4.69, 9.17) is 5.73 Å². The van der Waals surface area contributed by atoms with Crippen LogP contribution in [-0.4, -0.2) is 43.3 Å². The van der Waals surface area contributed by atoms with Crippen LogP contribution in [0.5, 0.6) is 0 Å². The van der Waals surface area contributed by atoms with Crippen LogP contribution in [-0.2, 0) is 14.4 Å². The summed E-state index contributed by atoms with van der Waals surface area (Å²) in [4.78, 5) is 34.6. The highest BCUT2D eigenvalue weighted by Gasteiger charge is 2.11. The Labute approximate surface area is 140 Å². The molecule has 134 valence electrons. The highest BCUT2D eigenvalue weighted by atomic mass is 16.1. The molecule has 0 heterocycles. The predicted molar refractivity (Wildman–Crippen MR) is 91.5 cm³/mol. The van der Waals surface area contributed by atoms with Crippen molar-refractivity contribution in [3.05, 3.63) is 0 Å². The fourth-order valence-electron chi connectivity index (χ4n) is 2.45. The first-order valence-corrected chi connectivity index (χ1v) is 8.55. The molecule has 0 aromatic heterocycles. The molecular weight excluding hydrogens is 294 g/mol. The Morgan fingerprint density at radius 2 is 1.87 bits per heavy atom. The SMILES string of the molecule is CC(C)C[C@H](C=O)CCCC(=O)NCCCCC(N)N(C)C=O. The second-order valence-electron chi connectivity index (χ2n) is 6.60. The standard InChI is InChI=1S/C17H33N3O3/c1-14(2)11-15(12-21)7-6-9-17(23)19-10-5-4-8-16(18)20(3)13-22/h12-16H,4-11,18H2,1-3H3,(H,19,23)/t15-,16?/m1/s1. The molecule has 0 aliphatic rings. The van der Waals surface area contributed by atoms with E-state index < -0.39 is 0 Å². The Hall–Kier alpha value is -1.43. The summed E-state index contributed by atoms with van der Waals surface area (Å²) in [6.45, 7) is 4.82. The van der Waals surface area contributed by atoms with Crippen molar-refractivity contribution in [1.82, 2.24) is 10.2 Å². The van der Waals surface area contributed by atoms with Gasteiger partial charge in [0.1, 0.15) is 6.29 Å². The van der Waals surface area contributed by atoms with Gasteiger partial charge in [-0.2, -0.15) is 0 Å². The van der Waals surface area contributed by atoms with Crippen LogP contribution in [0.1, 0.15) is 58.8 Å². The molecular formula is C17H33N3O3. The molecule has 0 aromatic rings. The largest absolute Gasteiger partial charge is 0.356 e. The third-order valence-electron chi connectivity index (χ3n) is 3.88. The van der Waals surface area contributed by atoms with Gasteiger partial charge in [-0.1, -0.05) is 13.8 Å². The number of nitrogens with one attached hydrogen (secondary N) is 1. The average Bonchev–Trinajstić information content (AvgIpc) is 2.52. The van der Waals surface area contributed by atoms with Crippen molar-refractivity contribution in [3.63, 3.8) is 0 Å². The fraction of sp³-hybridized carbons (Fsp3) is 0.824. The molecule has 3 N–H and O–H groups in total. The summed E-state index contributed by atoms with van der Waals surface area (Å²) in [5.74, 6) is 0.608. The molecule has 2 atom stereocenters. The van der Waals surface area contributed by atoms with Crippen molar-refractivity contribution in [3.8, 4) is 0 Å². The van der Waals surface area contributed by atoms with Gasteiger partial charge in [0.2, 0.25) is 12.3 Å². The third-order valence-corrected chi connectivity index (χ3v) is 3.88. The quantitative estimate of drug-likeness (QED) is 0.288. The van der Waals surface area contributed by atoms with Gasteiger partial charge >= 0.3 is 0 Å². The monoisotopic (exact) mass is 327 g/mol. The van der Waals surface area contributed by atoms with E-state index in [0.29, 0.717) is 18.9 Å². The lowest BCUT2D eigenvalue weighted by atomic mass is 9.93. The second kappa shape index (κ2) is 13.0. The molecule has 0 saturated carbocycles. The minimum atomic E-state index is -0.260. The van der Waals surface area contributed by atoms with Crippen LogP contribution in [0.25, 0.3) is 0 Å². The van der Waals surface area contributed by atoms with Crippen LogP contribution in [0.4, 0.5) is 0 Å². The minimum absolute atomic E-state index is 0.0357. The summed E-state index contributed by atoms with van der Waals surface area (Å²) in [5, 5.41) is 2.88. The molecule has 1 unspecified atom stereocenters. The molecule has 0 bridgehead atoms. The molecule has 0 aliphatic carbocycles. The number of rotatable bonds is 14. The number of hydrogen-bond donors (Lipinski definition) is 2. The van der Waals surface area contributed by atoms with Crippen molar-refractivity contribution < 1.29 is 14.4 Å². The van der Waals surface area contributed by atoms with Crippen LogP contribution < -0.4 is 11.1 Å². The Morgan fingerprint density at radius 3 is 2.43 bits per heavy atom. The molecule has 0 aliphatic heterocycles. The van der Waals surface area contributed by atoms with Crippen molar-refractivity contribution >= 4 is 18.6 Å². The Bertz CT molecular complexity index is 348. The van der Waals surface area contributed by atoms with Gasteiger partial charge in [0, 0.05) is 25.9 Å². The van der Waals surface area contributed by atoms with Crippen LogP contribution in [0.2, 0.25) is 0 Å². The molecule has 0 radical (unpaired) electrons. The third kappa shape index (κ3) is 11.8. The summed E-state index contributed by atoms with van der Waals surface area (Å²) in [6.07, 6.45) is 6.79. The molecule has 2 amide bonds. The highest BCUT2D eigenvalue weighted by Crippen LogP contribution is 2.15. The maximum Gasteiger partial charge on any atom is 0.219 e. The molecule has 0 saturated heterocycles. The highest BCUT2D eigenvalue weighted by molar-refractivity contribution is 5.75. The average molecular weight is 327 g/mol. The Morgan fingerprint density at radius 1 is 1.17 bits per heavy atom. The second-order valence-corrected chi connectivity index (χ2v) is 6.60. The van der Waals surface area contributed by atoms with E-state index >= 15 is 0 Å². The lowest BCUT2D eigenvalue weighted by Crippen LogP contribution is -2.38. The van der Waals surface area contributed by atoms with Gasteiger partial charge in [0.05, 0.1) is 6.17 Å². The summed E-state index contributed by atoms with van der Waals surface area (Å²) in [5.41, 5.74) is 5.79. The smallest absolute Gasteiger partial charge is 0.219 e. The Balaban J connectivity index is 3.64. The van der Waals surface area contributed by atoms with E-state index in [1.165, 1.54) is 4.90 Å². The number of aldehydes is 1. The van der Waals surface area contributed by atoms with E-state index in [0.717, 1.165) is 51.2 Å². The lowest BCUT2D eigenvalue weighted by Gasteiger charge is -2.19. The van der Waals surface area contributed by atoms with Crippen molar-refractivity contribution in [1.29, 1.82) is 0 Å². The number of nitrogens with zero attached hydrogens (tertiary/aromatic N) is 1. The molecule has 6 heteroatoms. The van der Waals surface area contributed by atoms with Gasteiger partial charge in [0.25, 0.3) is 0 Å². The first-order chi connectivity index (χ1) is 10.9. The van der Waals surface area contributed by atoms with Crippen molar-refractivity contribution in [2.24, 2.45) is 17.6 Å². The maximum absolute atomic E-state index is 11.7. The van der Waals surface area contributed by atoms with Gasteiger partial charge in [-0.05, 0) is 44.4 Å². The van der Waals surface area contributed by atoms with Crippen LogP contribution in [0, 0.1) is 11.8 Å². The van der Waals surface area contributed by atoms with Crippen LogP contribution >= 0.6 is 0 Å². The molecule has 0 spiro atoms. The van der Waals surface area contributed by atoms with Crippen LogP contribution in [0.3, 0.4) is 0 Å². The van der Waals surface area contributed by atoms with Gasteiger partial charge < -0.3 is 20.7 Å². The lowest BCUT2D eigenvalue weighted by molar-refractivity contribution is -0.121. The number of amides is 2. The first kappa shape index (κ1) is 21.6. The van der Waals surface area contributed by atoms with E-state index in [1.807, 2.05) is 0 Å². The number of hydrogen-bond acceptors (Lipinski definition) is 4. The number of unbranched alkanes of at least 4 members (excludes halogenated alkanes) is 1. The van der Waals surface area contributed by atoms with Crippen molar-refractivity contribution in [2.75, 3.05) is 13.6 Å². The van der Waals surface area contributed by atoms with Crippen molar-refractivity contribution in [2.45, 2.75) is 65.0 Å². The summed E-state index contributed by atoms with van der Waals surface area (Å²) < 4.78 is 0. The topological polar surface area (TPSA) is 92.5 Å². The van der Waals surface area contributed by atoms with E-state index in [2.05, 4.69) is 19.2 Å². The first-order valence-electron chi connectivity index (χ1n) is 8.55. The normalized spacial score (nSPS) is 13.4. The van der Waals surface area contributed by atoms with Gasteiger partial charge in [0.15, 0.2) is 0 Å². The zero-order valence-electron chi connectivity index (χ0n) is 14.8. The van der Waals surface area contributed by atoms with Gasteiger partial charge in [-0.3, -0.25) is 9.59 Å². The zero-order valence-corrected chi connectivity index (χ0v) is 14.8.